The van der Waals surface area contributed by atoms with E-state index in [9.17, 15) is 4.79 Å². The Balaban J connectivity index is 2.11. The molecule has 1 amide bonds. The van der Waals surface area contributed by atoms with E-state index in [1.165, 1.54) is 0 Å². The molecule has 0 saturated heterocycles. The molecule has 0 aliphatic heterocycles. The van der Waals surface area contributed by atoms with Crippen LogP contribution in [-0.2, 0) is 4.79 Å². The van der Waals surface area contributed by atoms with Crippen LogP contribution >= 0.6 is 0 Å². The maximum atomic E-state index is 11.8. The molecule has 1 heterocycles. The summed E-state index contributed by atoms with van der Waals surface area (Å²) in [6.07, 6.45) is 1.55. The van der Waals surface area contributed by atoms with E-state index in [1.807, 2.05) is 24.3 Å². The first-order chi connectivity index (χ1) is 8.20. The van der Waals surface area contributed by atoms with Gasteiger partial charge in [0.2, 0.25) is 5.91 Å². The highest BCUT2D eigenvalue weighted by Gasteiger charge is 2.11. The molecule has 2 aromatic rings. The van der Waals surface area contributed by atoms with Crippen molar-refractivity contribution in [2.75, 3.05) is 5.32 Å². The number of aromatic nitrogens is 2. The number of fused-ring (bicyclic) bond motifs is 1. The van der Waals surface area contributed by atoms with Gasteiger partial charge >= 0.3 is 0 Å². The van der Waals surface area contributed by atoms with Crippen LogP contribution in [0, 0.1) is 5.92 Å². The zero-order valence-electron chi connectivity index (χ0n) is 10.2. The van der Waals surface area contributed by atoms with E-state index in [0.29, 0.717) is 18.2 Å². The molecule has 0 aliphatic carbocycles. The Hall–Kier alpha value is -1.84. The zero-order chi connectivity index (χ0) is 12.3. The standard InChI is InChI=1S/C13H17N3O/c1-3-9(2)8-12(17)14-13-10-6-4-5-7-11(10)15-16-13/h4-7,9H,3,8H2,1-2H3,(H2,14,15,16,17). The summed E-state index contributed by atoms with van der Waals surface area (Å²) >= 11 is 0. The molecule has 0 aliphatic rings. The number of carbonyl (C=O) groups excluding carboxylic acids is 1. The second kappa shape index (κ2) is 4.99. The maximum Gasteiger partial charge on any atom is 0.225 e. The summed E-state index contributed by atoms with van der Waals surface area (Å²) in [5.41, 5.74) is 0.936. The number of nitrogens with one attached hydrogen (secondary N) is 2. The molecule has 1 atom stereocenters. The van der Waals surface area contributed by atoms with Crippen molar-refractivity contribution < 1.29 is 4.79 Å². The number of aromatic amines is 1. The van der Waals surface area contributed by atoms with Gasteiger partial charge in [0.25, 0.3) is 0 Å². The highest BCUT2D eigenvalue weighted by Crippen LogP contribution is 2.20. The van der Waals surface area contributed by atoms with Gasteiger partial charge in [0.15, 0.2) is 5.82 Å². The molecular weight excluding hydrogens is 214 g/mol. The fraction of sp³-hybridized carbons (Fsp3) is 0.385. The topological polar surface area (TPSA) is 57.8 Å². The van der Waals surface area contributed by atoms with Crippen molar-refractivity contribution in [3.63, 3.8) is 0 Å². The fourth-order valence-corrected chi connectivity index (χ4v) is 1.70. The first-order valence-electron chi connectivity index (χ1n) is 5.93. The van der Waals surface area contributed by atoms with E-state index in [0.717, 1.165) is 17.3 Å². The van der Waals surface area contributed by atoms with Gasteiger partial charge in [-0.1, -0.05) is 32.4 Å². The second-order valence-electron chi connectivity index (χ2n) is 4.38. The first kappa shape index (κ1) is 11.6. The minimum Gasteiger partial charge on any atom is -0.309 e. The molecule has 1 unspecified atom stereocenters. The first-order valence-corrected chi connectivity index (χ1v) is 5.93. The summed E-state index contributed by atoms with van der Waals surface area (Å²) in [4.78, 5) is 11.8. The Morgan fingerprint density at radius 1 is 1.47 bits per heavy atom. The van der Waals surface area contributed by atoms with E-state index in [-0.39, 0.29) is 5.91 Å². The van der Waals surface area contributed by atoms with Gasteiger partial charge in [0, 0.05) is 11.8 Å². The number of hydrogen-bond donors (Lipinski definition) is 2. The predicted molar refractivity (Wildman–Crippen MR) is 68.8 cm³/mol. The van der Waals surface area contributed by atoms with Gasteiger partial charge in [0.05, 0.1) is 5.52 Å². The highest BCUT2D eigenvalue weighted by atomic mass is 16.1. The molecule has 2 N–H and O–H groups in total. The summed E-state index contributed by atoms with van der Waals surface area (Å²) in [5.74, 6) is 1.05. The largest absolute Gasteiger partial charge is 0.309 e. The van der Waals surface area contributed by atoms with Crippen LogP contribution in [0.4, 0.5) is 5.82 Å². The van der Waals surface area contributed by atoms with Crippen LogP contribution in [0.15, 0.2) is 24.3 Å². The van der Waals surface area contributed by atoms with Crippen molar-refractivity contribution in [2.45, 2.75) is 26.7 Å². The molecule has 2 rings (SSSR count). The summed E-state index contributed by atoms with van der Waals surface area (Å²) in [5, 5.41) is 10.8. The maximum absolute atomic E-state index is 11.8. The van der Waals surface area contributed by atoms with Crippen molar-refractivity contribution >= 4 is 22.6 Å². The van der Waals surface area contributed by atoms with Crippen molar-refractivity contribution in [3.05, 3.63) is 24.3 Å². The number of nitrogens with zero attached hydrogens (tertiary/aromatic N) is 1. The summed E-state index contributed by atoms with van der Waals surface area (Å²) in [7, 11) is 0. The lowest BCUT2D eigenvalue weighted by atomic mass is 10.1. The van der Waals surface area contributed by atoms with Gasteiger partial charge < -0.3 is 5.32 Å². The normalized spacial score (nSPS) is 12.6. The molecule has 0 saturated carbocycles. The quantitative estimate of drug-likeness (QED) is 0.850. The van der Waals surface area contributed by atoms with E-state index in [1.54, 1.807) is 0 Å². The Bertz CT molecular complexity index is 518. The van der Waals surface area contributed by atoms with Crippen LogP contribution in [0.3, 0.4) is 0 Å². The van der Waals surface area contributed by atoms with Crippen LogP contribution in [0.25, 0.3) is 10.9 Å². The third-order valence-electron chi connectivity index (χ3n) is 2.96. The molecule has 4 nitrogen and oxygen atoms in total. The molecule has 4 heteroatoms. The second-order valence-corrected chi connectivity index (χ2v) is 4.38. The molecule has 17 heavy (non-hydrogen) atoms. The van der Waals surface area contributed by atoms with Crippen molar-refractivity contribution in [1.29, 1.82) is 0 Å². The Morgan fingerprint density at radius 2 is 2.24 bits per heavy atom. The van der Waals surface area contributed by atoms with Gasteiger partial charge in [-0.25, -0.2) is 0 Å². The molecule has 1 aromatic heterocycles. The number of anilines is 1. The smallest absolute Gasteiger partial charge is 0.225 e. The van der Waals surface area contributed by atoms with Gasteiger partial charge in [-0.3, -0.25) is 9.89 Å². The third-order valence-corrected chi connectivity index (χ3v) is 2.96. The lowest BCUT2D eigenvalue weighted by molar-refractivity contribution is -0.117. The summed E-state index contributed by atoms with van der Waals surface area (Å²) < 4.78 is 0. The molecule has 0 spiro atoms. The number of para-hydroxylation sites is 1. The predicted octanol–water partition coefficient (Wildman–Crippen LogP) is 2.94. The summed E-state index contributed by atoms with van der Waals surface area (Å²) in [6, 6.07) is 7.75. The van der Waals surface area contributed by atoms with E-state index < -0.39 is 0 Å². The van der Waals surface area contributed by atoms with E-state index in [4.69, 9.17) is 0 Å². The van der Waals surface area contributed by atoms with E-state index >= 15 is 0 Å². The average Bonchev–Trinajstić information content (AvgIpc) is 2.72. The van der Waals surface area contributed by atoms with Gasteiger partial charge in [-0.05, 0) is 18.1 Å². The Morgan fingerprint density at radius 3 is 3.00 bits per heavy atom. The van der Waals surface area contributed by atoms with Crippen LogP contribution in [0.1, 0.15) is 26.7 Å². The fourth-order valence-electron chi connectivity index (χ4n) is 1.70. The summed E-state index contributed by atoms with van der Waals surface area (Å²) in [6.45, 7) is 4.16. The minimum atomic E-state index is 0.0246. The van der Waals surface area contributed by atoms with Gasteiger partial charge in [-0.2, -0.15) is 5.10 Å². The molecule has 90 valence electrons. The van der Waals surface area contributed by atoms with Crippen molar-refractivity contribution in [3.8, 4) is 0 Å². The lowest BCUT2D eigenvalue weighted by Gasteiger charge is -2.07. The molecule has 0 fully saturated rings. The van der Waals surface area contributed by atoms with Crippen LogP contribution in [0.2, 0.25) is 0 Å². The SMILES string of the molecule is CCC(C)CC(=O)Nc1n[nH]c2ccccc12. The van der Waals surface area contributed by atoms with Crippen LogP contribution in [0.5, 0.6) is 0 Å². The van der Waals surface area contributed by atoms with Gasteiger partial charge in [-0.15, -0.1) is 0 Å². The molecule has 0 radical (unpaired) electrons. The molecule has 0 bridgehead atoms. The molecular formula is C13H17N3O. The number of amides is 1. The minimum absolute atomic E-state index is 0.0246. The number of H-pyrrole nitrogens is 1. The average molecular weight is 231 g/mol. The Labute approximate surface area is 100 Å². The van der Waals surface area contributed by atoms with Crippen LogP contribution in [-0.4, -0.2) is 16.1 Å². The van der Waals surface area contributed by atoms with E-state index in [2.05, 4.69) is 29.4 Å². The number of hydrogen-bond acceptors (Lipinski definition) is 2. The third kappa shape index (κ3) is 2.64. The molecule has 1 aromatic carbocycles. The Kier molecular flexibility index (Phi) is 3.42. The number of rotatable bonds is 4. The van der Waals surface area contributed by atoms with Crippen LogP contribution < -0.4 is 5.32 Å². The number of carbonyl (C=O) groups is 1. The van der Waals surface area contributed by atoms with Gasteiger partial charge in [0.1, 0.15) is 0 Å². The lowest BCUT2D eigenvalue weighted by Crippen LogP contribution is -2.15. The van der Waals surface area contributed by atoms with Crippen molar-refractivity contribution in [1.82, 2.24) is 10.2 Å². The van der Waals surface area contributed by atoms with Crippen molar-refractivity contribution in [2.24, 2.45) is 5.92 Å². The zero-order valence-corrected chi connectivity index (χ0v) is 10.2. The number of benzene rings is 1. The highest BCUT2D eigenvalue weighted by molar-refractivity contribution is 5.99. The monoisotopic (exact) mass is 231 g/mol.